The number of rotatable bonds is 5. The van der Waals surface area contributed by atoms with Gasteiger partial charge >= 0.3 is 6.18 Å². The van der Waals surface area contributed by atoms with E-state index in [1.807, 2.05) is 0 Å². The van der Waals surface area contributed by atoms with Crippen LogP contribution in [0.1, 0.15) is 23.9 Å². The Morgan fingerprint density at radius 2 is 1.81 bits per heavy atom. The fourth-order valence-electron chi connectivity index (χ4n) is 2.41. The Bertz CT molecular complexity index is 913. The Labute approximate surface area is 144 Å². The molecule has 0 spiro atoms. The molecule has 0 saturated carbocycles. The third-order valence-corrected chi connectivity index (χ3v) is 3.52. The van der Waals surface area contributed by atoms with Gasteiger partial charge in [0.05, 0.1) is 12.1 Å². The predicted octanol–water partition coefficient (Wildman–Crippen LogP) is 4.18. The van der Waals surface area contributed by atoms with Crippen molar-refractivity contribution in [3.8, 4) is 0 Å². The molecule has 0 unspecified atom stereocenters. The highest BCUT2D eigenvalue weighted by atomic mass is 19.4. The third kappa shape index (κ3) is 4.44. The molecule has 3 heterocycles. The summed E-state index contributed by atoms with van der Waals surface area (Å²) < 4.78 is 64.2. The summed E-state index contributed by atoms with van der Waals surface area (Å²) in [6.07, 6.45) is -2.39. The van der Waals surface area contributed by atoms with E-state index >= 15 is 0 Å². The average molecular weight is 371 g/mol. The largest absolute Gasteiger partial charge is 0.431 e. The lowest BCUT2D eigenvalue weighted by atomic mass is 10.2. The van der Waals surface area contributed by atoms with E-state index in [9.17, 15) is 22.0 Å². The molecule has 0 aliphatic heterocycles. The van der Waals surface area contributed by atoms with Crippen molar-refractivity contribution in [1.82, 2.24) is 19.9 Å². The van der Waals surface area contributed by atoms with Gasteiger partial charge in [-0.2, -0.15) is 13.2 Å². The lowest BCUT2D eigenvalue weighted by Gasteiger charge is -2.10. The number of anilines is 1. The Kier molecular flexibility index (Phi) is 4.51. The van der Waals surface area contributed by atoms with E-state index in [4.69, 9.17) is 0 Å². The Balaban J connectivity index is 1.72. The van der Waals surface area contributed by atoms with Gasteiger partial charge in [-0.15, -0.1) is 0 Å². The Morgan fingerprint density at radius 1 is 1.04 bits per heavy atom. The van der Waals surface area contributed by atoms with Crippen molar-refractivity contribution < 1.29 is 22.0 Å². The minimum Gasteiger partial charge on any atom is -0.366 e. The number of nitrogens with zero attached hydrogens (tertiary/aromatic N) is 3. The zero-order valence-electron chi connectivity index (χ0n) is 13.5. The van der Waals surface area contributed by atoms with E-state index in [1.54, 1.807) is 6.07 Å². The van der Waals surface area contributed by atoms with Crippen LogP contribution in [-0.4, -0.2) is 25.9 Å². The highest BCUT2D eigenvalue weighted by Gasteiger charge is 2.32. The van der Waals surface area contributed by atoms with Gasteiger partial charge in [0.1, 0.15) is 23.5 Å². The number of aromatic amines is 1. The number of halogens is 5. The lowest BCUT2D eigenvalue weighted by molar-refractivity contribution is -0.140. The molecule has 10 heteroatoms. The van der Waals surface area contributed by atoms with Gasteiger partial charge < -0.3 is 10.3 Å². The maximum absolute atomic E-state index is 13.1. The van der Waals surface area contributed by atoms with Crippen LogP contribution < -0.4 is 5.32 Å². The van der Waals surface area contributed by atoms with Crippen molar-refractivity contribution in [3.05, 3.63) is 47.7 Å². The van der Waals surface area contributed by atoms with Gasteiger partial charge in [-0.25, -0.2) is 23.7 Å². The lowest BCUT2D eigenvalue weighted by Crippen LogP contribution is -2.15. The molecule has 3 rings (SSSR count). The van der Waals surface area contributed by atoms with Crippen molar-refractivity contribution in [1.29, 1.82) is 0 Å². The zero-order valence-corrected chi connectivity index (χ0v) is 13.5. The van der Waals surface area contributed by atoms with Gasteiger partial charge in [-0.3, -0.25) is 0 Å². The Morgan fingerprint density at radius 3 is 2.50 bits per heavy atom. The van der Waals surface area contributed by atoms with Crippen LogP contribution in [0.3, 0.4) is 0 Å². The molecule has 0 aliphatic rings. The summed E-state index contributed by atoms with van der Waals surface area (Å²) in [5, 5.41) is 3.25. The van der Waals surface area contributed by atoms with Crippen molar-refractivity contribution >= 4 is 16.9 Å². The summed E-state index contributed by atoms with van der Waals surface area (Å²) in [5.41, 5.74) is 0.0665. The molecule has 0 amide bonds. The van der Waals surface area contributed by atoms with Crippen LogP contribution in [0.4, 0.5) is 27.8 Å². The van der Waals surface area contributed by atoms with Gasteiger partial charge in [0.15, 0.2) is 0 Å². The molecule has 0 aromatic carbocycles. The summed E-state index contributed by atoms with van der Waals surface area (Å²) in [6, 6.07) is 3.95. The SMILES string of the molecule is CC(F)(F)Cc1cc(NCc2cnc3[nH]c(C(F)(F)F)cc3c2)ncn1. The number of aromatic nitrogens is 4. The van der Waals surface area contributed by atoms with Crippen molar-refractivity contribution in [3.63, 3.8) is 0 Å². The fraction of sp³-hybridized carbons (Fsp3) is 0.312. The molecule has 3 aromatic heterocycles. The highest BCUT2D eigenvalue weighted by molar-refractivity contribution is 5.77. The van der Waals surface area contributed by atoms with E-state index in [0.29, 0.717) is 16.8 Å². The van der Waals surface area contributed by atoms with Gasteiger partial charge in [-0.05, 0) is 24.6 Å². The van der Waals surface area contributed by atoms with Crippen molar-refractivity contribution in [2.45, 2.75) is 32.0 Å². The number of H-pyrrole nitrogens is 1. The van der Waals surface area contributed by atoms with Crippen LogP contribution in [0, 0.1) is 0 Å². The molecular weight excluding hydrogens is 357 g/mol. The second-order valence-corrected chi connectivity index (χ2v) is 5.96. The number of hydrogen-bond acceptors (Lipinski definition) is 4. The zero-order chi connectivity index (χ0) is 18.9. The number of pyridine rings is 1. The van der Waals surface area contributed by atoms with Crippen LogP contribution in [-0.2, 0) is 19.1 Å². The summed E-state index contributed by atoms with van der Waals surface area (Å²) in [5.74, 6) is -2.55. The van der Waals surface area contributed by atoms with Gasteiger partial charge in [0, 0.05) is 24.2 Å². The van der Waals surface area contributed by atoms with Crippen LogP contribution in [0.2, 0.25) is 0 Å². The summed E-state index contributed by atoms with van der Waals surface area (Å²) in [6.45, 7) is 1.02. The molecule has 2 N–H and O–H groups in total. The molecule has 0 aliphatic carbocycles. The molecule has 5 nitrogen and oxygen atoms in total. The molecular formula is C16H14F5N5. The van der Waals surface area contributed by atoms with Crippen LogP contribution in [0.25, 0.3) is 11.0 Å². The van der Waals surface area contributed by atoms with E-state index in [2.05, 4.69) is 25.3 Å². The van der Waals surface area contributed by atoms with Crippen LogP contribution in [0.5, 0.6) is 0 Å². The summed E-state index contributed by atoms with van der Waals surface area (Å²) >= 11 is 0. The maximum Gasteiger partial charge on any atom is 0.431 e. The normalized spacial score (nSPS) is 12.5. The van der Waals surface area contributed by atoms with E-state index in [1.165, 1.54) is 18.6 Å². The molecule has 138 valence electrons. The second-order valence-electron chi connectivity index (χ2n) is 5.96. The molecule has 3 aromatic rings. The quantitative estimate of drug-likeness (QED) is 0.661. The summed E-state index contributed by atoms with van der Waals surface area (Å²) in [4.78, 5) is 13.9. The number of nitrogens with one attached hydrogen (secondary N) is 2. The molecule has 0 saturated heterocycles. The molecule has 26 heavy (non-hydrogen) atoms. The molecule has 0 radical (unpaired) electrons. The average Bonchev–Trinajstić information content (AvgIpc) is 2.95. The molecule has 0 fully saturated rings. The fourth-order valence-corrected chi connectivity index (χ4v) is 2.41. The topological polar surface area (TPSA) is 66.5 Å². The minimum atomic E-state index is -4.47. The number of alkyl halides is 5. The van der Waals surface area contributed by atoms with Crippen LogP contribution in [0.15, 0.2) is 30.7 Å². The first-order valence-electron chi connectivity index (χ1n) is 7.58. The molecule has 0 atom stereocenters. The number of hydrogen-bond donors (Lipinski definition) is 2. The summed E-state index contributed by atoms with van der Waals surface area (Å²) in [7, 11) is 0. The maximum atomic E-state index is 13.1. The smallest absolute Gasteiger partial charge is 0.366 e. The molecule has 0 bridgehead atoms. The minimum absolute atomic E-state index is 0.135. The Hall–Kier alpha value is -2.78. The van der Waals surface area contributed by atoms with E-state index in [-0.39, 0.29) is 17.9 Å². The van der Waals surface area contributed by atoms with Crippen molar-refractivity contribution in [2.75, 3.05) is 5.32 Å². The van der Waals surface area contributed by atoms with Crippen molar-refractivity contribution in [2.24, 2.45) is 0 Å². The van der Waals surface area contributed by atoms with E-state index < -0.39 is 24.2 Å². The van der Waals surface area contributed by atoms with E-state index in [0.717, 1.165) is 13.0 Å². The predicted molar refractivity (Wildman–Crippen MR) is 84.8 cm³/mol. The highest BCUT2D eigenvalue weighted by Crippen LogP contribution is 2.30. The third-order valence-electron chi connectivity index (χ3n) is 3.52. The van der Waals surface area contributed by atoms with Gasteiger partial charge in [0.25, 0.3) is 5.92 Å². The van der Waals surface area contributed by atoms with Gasteiger partial charge in [-0.1, -0.05) is 0 Å². The first kappa shape index (κ1) is 18.0. The van der Waals surface area contributed by atoms with Crippen LogP contribution >= 0.6 is 0 Å². The first-order valence-corrected chi connectivity index (χ1v) is 7.58. The monoisotopic (exact) mass is 371 g/mol. The van der Waals surface area contributed by atoms with Gasteiger partial charge in [0.2, 0.25) is 0 Å². The second kappa shape index (κ2) is 6.50. The first-order chi connectivity index (χ1) is 12.1. The standard InChI is InChI=1S/C16H14F5N5/c1-15(17,18)5-11-4-13(25-8-24-11)22-6-9-2-10-3-12(16(19,20)21)26-14(10)23-7-9/h2-4,7-8H,5-6H2,1H3,(H,23,26)(H,22,24,25). The number of fused-ring (bicyclic) bond motifs is 1.